The van der Waals surface area contributed by atoms with Gasteiger partial charge in [-0.15, -0.1) is 0 Å². The van der Waals surface area contributed by atoms with Crippen LogP contribution in [-0.4, -0.2) is 17.2 Å². The van der Waals surface area contributed by atoms with E-state index in [2.05, 4.69) is 6.08 Å². The van der Waals surface area contributed by atoms with Gasteiger partial charge in [-0.1, -0.05) is 6.08 Å². The number of benzene rings is 1. The lowest BCUT2D eigenvalue weighted by atomic mass is 10.1. The molecule has 1 aliphatic rings. The summed E-state index contributed by atoms with van der Waals surface area (Å²) < 4.78 is 19.0. The van der Waals surface area contributed by atoms with Crippen molar-refractivity contribution in [1.29, 1.82) is 0 Å². The van der Waals surface area contributed by atoms with E-state index in [4.69, 9.17) is 9.84 Å². The molecule has 1 aliphatic carbocycles. The molecule has 0 aromatic heterocycles. The maximum Gasteiger partial charge on any atom is 0.328 e. The third-order valence-electron chi connectivity index (χ3n) is 2.87. The highest BCUT2D eigenvalue weighted by molar-refractivity contribution is 5.85. The minimum absolute atomic E-state index is 0.0313. The summed E-state index contributed by atoms with van der Waals surface area (Å²) >= 11 is 0. The minimum atomic E-state index is -1.08. The summed E-state index contributed by atoms with van der Waals surface area (Å²) in [4.78, 5) is 10.5. The van der Waals surface area contributed by atoms with Gasteiger partial charge >= 0.3 is 5.97 Å². The molecule has 2 rings (SSSR count). The van der Waals surface area contributed by atoms with E-state index in [1.165, 1.54) is 24.3 Å². The van der Waals surface area contributed by atoms with E-state index in [0.717, 1.165) is 25.3 Å². The summed E-state index contributed by atoms with van der Waals surface area (Å²) in [5.74, 6) is -1.00. The molecule has 4 heteroatoms. The van der Waals surface area contributed by atoms with Crippen molar-refractivity contribution in [1.82, 2.24) is 0 Å². The first-order chi connectivity index (χ1) is 9.15. The van der Waals surface area contributed by atoms with E-state index in [0.29, 0.717) is 11.3 Å². The number of halogens is 1. The van der Waals surface area contributed by atoms with Crippen LogP contribution < -0.4 is 4.74 Å². The lowest BCUT2D eigenvalue weighted by molar-refractivity contribution is -0.131. The smallest absolute Gasteiger partial charge is 0.328 e. The highest BCUT2D eigenvalue weighted by atomic mass is 19.1. The Morgan fingerprint density at radius 3 is 3.00 bits per heavy atom. The van der Waals surface area contributed by atoms with Crippen LogP contribution in [0.25, 0.3) is 6.08 Å². The summed E-state index contributed by atoms with van der Waals surface area (Å²) in [6.45, 7) is 0. The molecule has 0 fully saturated rings. The van der Waals surface area contributed by atoms with Crippen molar-refractivity contribution in [2.45, 2.75) is 25.4 Å². The quantitative estimate of drug-likeness (QED) is 0.668. The first-order valence-electron chi connectivity index (χ1n) is 6.19. The number of hydrogen-bond donors (Lipinski definition) is 1. The Morgan fingerprint density at radius 1 is 1.47 bits per heavy atom. The number of rotatable bonds is 4. The largest absolute Gasteiger partial charge is 0.486 e. The summed E-state index contributed by atoms with van der Waals surface area (Å²) in [7, 11) is 0. The molecule has 0 saturated carbocycles. The number of allylic oxidation sites excluding steroid dienone is 1. The second kappa shape index (κ2) is 6.18. The third kappa shape index (κ3) is 3.95. The van der Waals surface area contributed by atoms with E-state index < -0.39 is 11.8 Å². The maximum absolute atomic E-state index is 13.2. The zero-order chi connectivity index (χ0) is 13.7. The van der Waals surface area contributed by atoms with Crippen molar-refractivity contribution in [3.63, 3.8) is 0 Å². The number of aliphatic carboxylic acids is 1. The molecule has 1 N–H and O–H groups in total. The molecule has 1 aromatic carbocycles. The van der Waals surface area contributed by atoms with Crippen molar-refractivity contribution in [3.8, 4) is 5.75 Å². The fraction of sp³-hybridized carbons (Fsp3) is 0.267. The lowest BCUT2D eigenvalue weighted by Gasteiger charge is -2.19. The molecule has 19 heavy (non-hydrogen) atoms. The Labute approximate surface area is 111 Å². The highest BCUT2D eigenvalue weighted by Crippen LogP contribution is 2.25. The molecule has 1 aromatic rings. The standard InChI is InChI=1S/C15H15FO3/c16-12-7-8-14(11(10-12)6-9-15(17)18)19-13-4-2-1-3-5-13/h2,4,6-10,13H,1,3,5H2,(H,17,18)/b9-6+. The minimum Gasteiger partial charge on any atom is -0.486 e. The molecule has 0 bridgehead atoms. The van der Waals surface area contributed by atoms with Crippen LogP contribution in [-0.2, 0) is 4.79 Å². The zero-order valence-electron chi connectivity index (χ0n) is 10.4. The van der Waals surface area contributed by atoms with E-state index >= 15 is 0 Å². The molecule has 0 aliphatic heterocycles. The Balaban J connectivity index is 2.20. The predicted octanol–water partition coefficient (Wildman–Crippen LogP) is 3.41. The molecular weight excluding hydrogens is 247 g/mol. The second-order valence-corrected chi connectivity index (χ2v) is 4.37. The zero-order valence-corrected chi connectivity index (χ0v) is 10.4. The van der Waals surface area contributed by atoms with Crippen LogP contribution in [0, 0.1) is 5.82 Å². The Morgan fingerprint density at radius 2 is 2.32 bits per heavy atom. The molecule has 1 unspecified atom stereocenters. The summed E-state index contributed by atoms with van der Waals surface area (Å²) in [5.41, 5.74) is 0.432. The van der Waals surface area contributed by atoms with Crippen LogP contribution in [0.15, 0.2) is 36.4 Å². The molecule has 100 valence electrons. The SMILES string of the molecule is O=C(O)/C=C/c1cc(F)ccc1OC1C=CCCC1. The van der Waals surface area contributed by atoms with Crippen molar-refractivity contribution < 1.29 is 19.0 Å². The van der Waals surface area contributed by atoms with Gasteiger partial charge < -0.3 is 9.84 Å². The second-order valence-electron chi connectivity index (χ2n) is 4.37. The summed E-state index contributed by atoms with van der Waals surface area (Å²) in [6.07, 6.45) is 9.34. The highest BCUT2D eigenvalue weighted by Gasteiger charge is 2.12. The van der Waals surface area contributed by atoms with Gasteiger partial charge in [0.05, 0.1) is 0 Å². The maximum atomic E-state index is 13.2. The number of ether oxygens (including phenoxy) is 1. The van der Waals surface area contributed by atoms with Crippen LogP contribution in [0.2, 0.25) is 0 Å². The van der Waals surface area contributed by atoms with Gasteiger partial charge in [-0.25, -0.2) is 9.18 Å². The average molecular weight is 262 g/mol. The van der Waals surface area contributed by atoms with Crippen molar-refractivity contribution in [3.05, 3.63) is 47.8 Å². The number of carbonyl (C=O) groups is 1. The van der Waals surface area contributed by atoms with Crippen molar-refractivity contribution >= 4 is 12.0 Å². The van der Waals surface area contributed by atoms with Crippen molar-refractivity contribution in [2.75, 3.05) is 0 Å². The van der Waals surface area contributed by atoms with E-state index in [1.807, 2.05) is 6.08 Å². The number of carboxylic acid groups (broad SMARTS) is 1. The molecule has 0 heterocycles. The Kier molecular flexibility index (Phi) is 4.34. The van der Waals surface area contributed by atoms with E-state index in [9.17, 15) is 9.18 Å². The Hall–Kier alpha value is -2.10. The average Bonchev–Trinajstić information content (AvgIpc) is 2.40. The van der Waals surface area contributed by atoms with Gasteiger partial charge in [0.15, 0.2) is 0 Å². The first-order valence-corrected chi connectivity index (χ1v) is 6.19. The lowest BCUT2D eigenvalue weighted by Crippen LogP contribution is -2.16. The molecule has 3 nitrogen and oxygen atoms in total. The molecule has 0 saturated heterocycles. The van der Waals surface area contributed by atoms with E-state index in [-0.39, 0.29) is 6.10 Å². The van der Waals surface area contributed by atoms with Crippen LogP contribution in [0.5, 0.6) is 5.75 Å². The molecule has 1 atom stereocenters. The number of carboxylic acids is 1. The molecule has 0 radical (unpaired) electrons. The number of hydrogen-bond acceptors (Lipinski definition) is 2. The first kappa shape index (κ1) is 13.3. The monoisotopic (exact) mass is 262 g/mol. The van der Waals surface area contributed by atoms with E-state index in [1.54, 1.807) is 0 Å². The van der Waals surface area contributed by atoms with Crippen molar-refractivity contribution in [2.24, 2.45) is 0 Å². The van der Waals surface area contributed by atoms with Gasteiger partial charge in [0, 0.05) is 11.6 Å². The van der Waals surface area contributed by atoms with Crippen LogP contribution in [0.1, 0.15) is 24.8 Å². The molecular formula is C15H15FO3. The topological polar surface area (TPSA) is 46.5 Å². The molecule has 0 amide bonds. The van der Waals surface area contributed by atoms with Gasteiger partial charge in [0.2, 0.25) is 0 Å². The predicted molar refractivity (Wildman–Crippen MR) is 70.5 cm³/mol. The Bertz CT molecular complexity index is 520. The van der Waals surface area contributed by atoms with Gasteiger partial charge in [0.1, 0.15) is 17.7 Å². The van der Waals surface area contributed by atoms with Gasteiger partial charge in [-0.05, 0) is 49.6 Å². The summed E-state index contributed by atoms with van der Waals surface area (Å²) in [5, 5.41) is 8.62. The fourth-order valence-electron chi connectivity index (χ4n) is 1.96. The molecule has 0 spiro atoms. The van der Waals surface area contributed by atoms with Crippen LogP contribution in [0.4, 0.5) is 4.39 Å². The van der Waals surface area contributed by atoms with Gasteiger partial charge in [-0.2, -0.15) is 0 Å². The van der Waals surface area contributed by atoms with Gasteiger partial charge in [-0.3, -0.25) is 0 Å². The van der Waals surface area contributed by atoms with Crippen LogP contribution in [0.3, 0.4) is 0 Å². The van der Waals surface area contributed by atoms with Gasteiger partial charge in [0.25, 0.3) is 0 Å². The summed E-state index contributed by atoms with van der Waals surface area (Å²) in [6, 6.07) is 4.10. The normalized spacial score (nSPS) is 18.7. The van der Waals surface area contributed by atoms with Crippen LogP contribution >= 0.6 is 0 Å². The third-order valence-corrected chi connectivity index (χ3v) is 2.87. The fourth-order valence-corrected chi connectivity index (χ4v) is 1.96.